The quantitative estimate of drug-likeness (QED) is 0.763. The van der Waals surface area contributed by atoms with Crippen molar-refractivity contribution in [2.24, 2.45) is 0 Å². The zero-order valence-corrected chi connectivity index (χ0v) is 18.5. The van der Waals surface area contributed by atoms with Gasteiger partial charge in [0.2, 0.25) is 12.0 Å². The van der Waals surface area contributed by atoms with Crippen molar-refractivity contribution in [3.8, 4) is 17.6 Å². The molecule has 1 aromatic heterocycles. The number of fused-ring (bicyclic) bond motifs is 2. The number of nitriles is 1. The summed E-state index contributed by atoms with van der Waals surface area (Å²) in [6.07, 6.45) is 2.34. The van der Waals surface area contributed by atoms with Gasteiger partial charge in [-0.2, -0.15) is 5.26 Å². The lowest BCUT2D eigenvalue weighted by atomic mass is 10.1. The standard InChI is InChI=1S/C23H24N4O4S/c24-12-16-15-4-3-7-20(15)32-22(16)25-21(28)13-26-8-10-27(11-9-26)23(29)19-14-30-17-5-1-2-6-18(17)31-19/h1-2,5-6,19H,3-4,7-11,13-14H2,(H,25,28). The van der Waals surface area contributed by atoms with Crippen LogP contribution in [0.3, 0.4) is 0 Å². The van der Waals surface area contributed by atoms with Crippen LogP contribution in [0.4, 0.5) is 5.00 Å². The molecule has 2 aromatic rings. The van der Waals surface area contributed by atoms with Crippen LogP contribution in [0.15, 0.2) is 24.3 Å². The summed E-state index contributed by atoms with van der Waals surface area (Å²) in [4.78, 5) is 30.5. The Balaban J connectivity index is 1.12. The fourth-order valence-electron chi connectivity index (χ4n) is 4.45. The smallest absolute Gasteiger partial charge is 0.267 e. The molecule has 0 radical (unpaired) electrons. The van der Waals surface area contributed by atoms with E-state index in [0.717, 1.165) is 24.8 Å². The lowest BCUT2D eigenvalue weighted by Crippen LogP contribution is -2.54. The molecule has 2 amide bonds. The molecule has 1 N–H and O–H groups in total. The molecule has 1 unspecified atom stereocenters. The maximum atomic E-state index is 12.9. The van der Waals surface area contributed by atoms with Gasteiger partial charge in [0.25, 0.3) is 5.91 Å². The highest BCUT2D eigenvalue weighted by Gasteiger charge is 2.33. The number of ether oxygens (including phenoxy) is 2. The number of nitrogens with zero attached hydrogens (tertiary/aromatic N) is 3. The second-order valence-electron chi connectivity index (χ2n) is 8.19. The SMILES string of the molecule is N#Cc1c(NC(=O)CN2CCN(C(=O)C3COc4ccccc4O3)CC2)sc2c1CCC2. The molecule has 9 heteroatoms. The number of hydrogen-bond donors (Lipinski definition) is 1. The second kappa shape index (κ2) is 8.81. The van der Waals surface area contributed by atoms with Crippen molar-refractivity contribution in [1.82, 2.24) is 9.80 Å². The molecule has 8 nitrogen and oxygen atoms in total. The first-order chi connectivity index (χ1) is 15.6. The molecule has 0 saturated carbocycles. The molecule has 5 rings (SSSR count). The Hall–Kier alpha value is -3.09. The summed E-state index contributed by atoms with van der Waals surface area (Å²) in [6, 6.07) is 9.59. The van der Waals surface area contributed by atoms with E-state index in [1.807, 2.05) is 23.1 Å². The number of aryl methyl sites for hydroxylation is 1. The van der Waals surface area contributed by atoms with Gasteiger partial charge in [-0.1, -0.05) is 12.1 Å². The molecule has 0 bridgehead atoms. The average Bonchev–Trinajstić information content (AvgIpc) is 3.39. The number of carbonyl (C=O) groups is 2. The number of carbonyl (C=O) groups excluding carboxylic acids is 2. The van der Waals surface area contributed by atoms with E-state index in [1.165, 1.54) is 16.2 Å². The normalized spacial score (nSPS) is 19.8. The van der Waals surface area contributed by atoms with E-state index in [9.17, 15) is 14.9 Å². The van der Waals surface area contributed by atoms with Crippen LogP contribution in [0.2, 0.25) is 0 Å². The monoisotopic (exact) mass is 452 g/mol. The number of hydrogen-bond acceptors (Lipinski definition) is 7. The highest BCUT2D eigenvalue weighted by Crippen LogP contribution is 2.38. The van der Waals surface area contributed by atoms with Crippen LogP contribution in [0.5, 0.6) is 11.5 Å². The summed E-state index contributed by atoms with van der Waals surface area (Å²) in [7, 11) is 0. The maximum absolute atomic E-state index is 12.9. The minimum atomic E-state index is -0.648. The van der Waals surface area contributed by atoms with Gasteiger partial charge >= 0.3 is 0 Å². The molecular formula is C23H24N4O4S. The molecular weight excluding hydrogens is 428 g/mol. The van der Waals surface area contributed by atoms with Crippen LogP contribution in [0.25, 0.3) is 0 Å². The van der Waals surface area contributed by atoms with Crippen molar-refractivity contribution < 1.29 is 19.1 Å². The molecule has 1 saturated heterocycles. The first kappa shape index (κ1) is 20.8. The zero-order chi connectivity index (χ0) is 22.1. The molecule has 1 aliphatic carbocycles. The Morgan fingerprint density at radius 3 is 2.72 bits per heavy atom. The Kier molecular flexibility index (Phi) is 5.72. The third-order valence-corrected chi connectivity index (χ3v) is 7.33. The van der Waals surface area contributed by atoms with Crippen LogP contribution in [-0.4, -0.2) is 67.0 Å². The van der Waals surface area contributed by atoms with E-state index in [0.29, 0.717) is 48.2 Å². The first-order valence-electron chi connectivity index (χ1n) is 10.9. The number of thiophene rings is 1. The molecule has 1 atom stereocenters. The van der Waals surface area contributed by atoms with Crippen molar-refractivity contribution in [2.75, 3.05) is 44.6 Å². The van der Waals surface area contributed by atoms with Crippen LogP contribution in [0, 0.1) is 11.3 Å². The van der Waals surface area contributed by atoms with Crippen molar-refractivity contribution in [2.45, 2.75) is 25.4 Å². The van der Waals surface area contributed by atoms with E-state index in [-0.39, 0.29) is 25.0 Å². The van der Waals surface area contributed by atoms with Crippen LogP contribution < -0.4 is 14.8 Å². The maximum Gasteiger partial charge on any atom is 0.267 e. The van der Waals surface area contributed by atoms with Gasteiger partial charge in [0.05, 0.1) is 12.1 Å². The average molecular weight is 453 g/mol. The molecule has 1 aromatic carbocycles. The van der Waals surface area contributed by atoms with E-state index >= 15 is 0 Å². The Bertz CT molecular complexity index is 1080. The number of benzene rings is 1. The number of para-hydroxylation sites is 2. The van der Waals surface area contributed by atoms with Gasteiger partial charge < -0.3 is 19.7 Å². The summed E-state index contributed by atoms with van der Waals surface area (Å²) in [5.74, 6) is 1.03. The minimum absolute atomic E-state index is 0.0876. The zero-order valence-electron chi connectivity index (χ0n) is 17.6. The fourth-order valence-corrected chi connectivity index (χ4v) is 5.71. The second-order valence-corrected chi connectivity index (χ2v) is 9.29. The van der Waals surface area contributed by atoms with Crippen LogP contribution in [0.1, 0.15) is 22.4 Å². The number of nitrogens with one attached hydrogen (secondary N) is 1. The van der Waals surface area contributed by atoms with E-state index < -0.39 is 6.10 Å². The van der Waals surface area contributed by atoms with Crippen molar-refractivity contribution in [3.05, 3.63) is 40.3 Å². The summed E-state index contributed by atoms with van der Waals surface area (Å²) >= 11 is 1.53. The Labute approximate surface area is 190 Å². The minimum Gasteiger partial charge on any atom is -0.485 e. The first-order valence-corrected chi connectivity index (χ1v) is 11.7. The Morgan fingerprint density at radius 1 is 1.16 bits per heavy atom. The molecule has 2 aliphatic heterocycles. The highest BCUT2D eigenvalue weighted by atomic mass is 32.1. The lowest BCUT2D eigenvalue weighted by Gasteiger charge is -2.36. The summed E-state index contributed by atoms with van der Waals surface area (Å²) in [5, 5.41) is 13.1. The third-order valence-electron chi connectivity index (χ3n) is 6.12. The molecule has 3 heterocycles. The van der Waals surface area contributed by atoms with Gasteiger partial charge in [-0.25, -0.2) is 0 Å². The molecule has 166 valence electrons. The highest BCUT2D eigenvalue weighted by molar-refractivity contribution is 7.16. The van der Waals surface area contributed by atoms with E-state index in [1.54, 1.807) is 11.0 Å². The fraction of sp³-hybridized carbons (Fsp3) is 0.435. The van der Waals surface area contributed by atoms with Crippen molar-refractivity contribution >= 4 is 28.2 Å². The largest absolute Gasteiger partial charge is 0.485 e. The van der Waals surface area contributed by atoms with Gasteiger partial charge in [-0.15, -0.1) is 11.3 Å². The predicted octanol–water partition coefficient (Wildman–Crippen LogP) is 2.03. The molecule has 0 spiro atoms. The summed E-state index contributed by atoms with van der Waals surface area (Å²) in [5.41, 5.74) is 1.74. The lowest BCUT2D eigenvalue weighted by molar-refractivity contribution is -0.143. The van der Waals surface area contributed by atoms with Crippen molar-refractivity contribution in [1.29, 1.82) is 5.26 Å². The number of anilines is 1. The molecule has 1 fully saturated rings. The van der Waals surface area contributed by atoms with Crippen LogP contribution in [-0.2, 0) is 22.4 Å². The number of rotatable bonds is 4. The molecule has 3 aliphatic rings. The van der Waals surface area contributed by atoms with Gasteiger partial charge in [0.15, 0.2) is 11.5 Å². The number of amides is 2. The topological polar surface area (TPSA) is 94.9 Å². The van der Waals surface area contributed by atoms with Gasteiger partial charge in [-0.05, 0) is 37.0 Å². The van der Waals surface area contributed by atoms with Gasteiger partial charge in [-0.3, -0.25) is 14.5 Å². The summed E-state index contributed by atoms with van der Waals surface area (Å²) < 4.78 is 11.5. The van der Waals surface area contributed by atoms with Crippen molar-refractivity contribution in [3.63, 3.8) is 0 Å². The third kappa shape index (κ3) is 4.04. The predicted molar refractivity (Wildman–Crippen MR) is 119 cm³/mol. The number of piperazine rings is 1. The molecule has 32 heavy (non-hydrogen) atoms. The Morgan fingerprint density at radius 2 is 1.94 bits per heavy atom. The van der Waals surface area contributed by atoms with Gasteiger partial charge in [0.1, 0.15) is 17.7 Å². The van der Waals surface area contributed by atoms with Crippen LogP contribution >= 0.6 is 11.3 Å². The summed E-state index contributed by atoms with van der Waals surface area (Å²) in [6.45, 7) is 2.72. The van der Waals surface area contributed by atoms with Gasteiger partial charge in [0, 0.05) is 31.1 Å². The van der Waals surface area contributed by atoms with E-state index in [2.05, 4.69) is 11.4 Å². The van der Waals surface area contributed by atoms with E-state index in [4.69, 9.17) is 9.47 Å².